The van der Waals surface area contributed by atoms with Crippen LogP contribution in [0.3, 0.4) is 0 Å². The second kappa shape index (κ2) is 5.76. The molecule has 0 atom stereocenters. The van der Waals surface area contributed by atoms with Gasteiger partial charge in [0.25, 0.3) is 0 Å². The first-order valence-corrected chi connectivity index (χ1v) is 5.60. The molecule has 0 radical (unpaired) electrons. The van der Waals surface area contributed by atoms with Crippen LogP contribution in [0.25, 0.3) is 0 Å². The van der Waals surface area contributed by atoms with Crippen LogP contribution < -0.4 is 5.32 Å². The van der Waals surface area contributed by atoms with Crippen molar-refractivity contribution >= 4 is 17.6 Å². The first-order chi connectivity index (χ1) is 9.16. The predicted octanol–water partition coefficient (Wildman–Crippen LogP) is 1.01. The molecule has 19 heavy (non-hydrogen) atoms. The van der Waals surface area contributed by atoms with Crippen LogP contribution in [0.2, 0.25) is 0 Å². The van der Waals surface area contributed by atoms with Crippen molar-refractivity contribution in [2.24, 2.45) is 0 Å². The molecule has 0 saturated carbocycles. The molecule has 0 spiro atoms. The number of carbonyl (C=O) groups excluding carboxylic acids is 1. The average Bonchev–Trinajstić information content (AvgIpc) is 2.90. The summed E-state index contributed by atoms with van der Waals surface area (Å²) in [6.07, 6.45) is 6.58. The van der Waals surface area contributed by atoms with Crippen LogP contribution in [-0.4, -0.2) is 31.5 Å². The molecule has 0 aliphatic carbocycles. The fourth-order valence-corrected chi connectivity index (χ4v) is 1.54. The fourth-order valence-electron chi connectivity index (χ4n) is 1.54. The normalized spacial score (nSPS) is 10.1. The summed E-state index contributed by atoms with van der Waals surface area (Å²) in [7, 11) is 0. The van der Waals surface area contributed by atoms with E-state index in [2.05, 4.69) is 15.3 Å². The fraction of sp³-hybridized carbons (Fsp3) is 0.167. The molecule has 0 unspecified atom stereocenters. The molecular formula is C12H12N4O3. The van der Waals surface area contributed by atoms with Gasteiger partial charge in [-0.25, -0.2) is 14.8 Å². The number of anilines is 1. The number of pyridine rings is 1. The largest absolute Gasteiger partial charge is 0.476 e. The van der Waals surface area contributed by atoms with Crippen LogP contribution >= 0.6 is 0 Å². The number of carboxylic acids is 1. The van der Waals surface area contributed by atoms with Crippen molar-refractivity contribution in [1.82, 2.24) is 14.5 Å². The summed E-state index contributed by atoms with van der Waals surface area (Å²) in [4.78, 5) is 30.2. The number of carboxylic acid groups (broad SMARTS) is 1. The van der Waals surface area contributed by atoms with E-state index in [0.29, 0.717) is 6.54 Å². The third-order valence-corrected chi connectivity index (χ3v) is 2.44. The van der Waals surface area contributed by atoms with Crippen molar-refractivity contribution in [2.75, 3.05) is 5.32 Å². The number of amides is 1. The molecule has 2 heterocycles. The molecule has 2 aromatic rings. The van der Waals surface area contributed by atoms with Gasteiger partial charge in [-0.2, -0.15) is 0 Å². The van der Waals surface area contributed by atoms with Gasteiger partial charge in [0.15, 0.2) is 5.69 Å². The monoisotopic (exact) mass is 260 g/mol. The van der Waals surface area contributed by atoms with Crippen LogP contribution in [0.5, 0.6) is 0 Å². The minimum Gasteiger partial charge on any atom is -0.476 e. The zero-order valence-electron chi connectivity index (χ0n) is 9.98. The molecule has 2 rings (SSSR count). The van der Waals surface area contributed by atoms with Crippen molar-refractivity contribution in [3.63, 3.8) is 0 Å². The lowest BCUT2D eigenvalue weighted by Crippen LogP contribution is -2.17. The topological polar surface area (TPSA) is 97.1 Å². The molecule has 0 aliphatic rings. The number of nitrogens with zero attached hydrogens (tertiary/aromatic N) is 3. The van der Waals surface area contributed by atoms with Gasteiger partial charge in [-0.15, -0.1) is 0 Å². The molecule has 1 amide bonds. The van der Waals surface area contributed by atoms with Gasteiger partial charge in [-0.1, -0.05) is 0 Å². The Labute approximate surface area is 108 Å². The summed E-state index contributed by atoms with van der Waals surface area (Å²) in [5.74, 6) is -1.45. The molecule has 7 heteroatoms. The highest BCUT2D eigenvalue weighted by molar-refractivity contribution is 5.98. The molecule has 7 nitrogen and oxygen atoms in total. The Bertz CT molecular complexity index is 580. The average molecular weight is 260 g/mol. The Balaban J connectivity index is 1.97. The maximum absolute atomic E-state index is 11.7. The van der Waals surface area contributed by atoms with E-state index >= 15 is 0 Å². The van der Waals surface area contributed by atoms with Crippen molar-refractivity contribution in [3.05, 3.63) is 42.7 Å². The van der Waals surface area contributed by atoms with Crippen molar-refractivity contribution < 1.29 is 14.7 Å². The Morgan fingerprint density at radius 1 is 1.37 bits per heavy atom. The Hall–Kier alpha value is -2.70. The summed E-state index contributed by atoms with van der Waals surface area (Å²) >= 11 is 0. The quantitative estimate of drug-likeness (QED) is 0.836. The van der Waals surface area contributed by atoms with E-state index in [-0.39, 0.29) is 23.7 Å². The molecule has 0 fully saturated rings. The molecule has 0 bridgehead atoms. The van der Waals surface area contributed by atoms with Crippen LogP contribution in [0.1, 0.15) is 16.9 Å². The second-order valence-electron chi connectivity index (χ2n) is 3.80. The number of aromatic carboxylic acids is 1. The van der Waals surface area contributed by atoms with E-state index in [9.17, 15) is 9.59 Å². The number of nitrogens with one attached hydrogen (secondary N) is 1. The van der Waals surface area contributed by atoms with E-state index in [4.69, 9.17) is 5.11 Å². The SMILES string of the molecule is O=C(CCn1ccnc1)Nc1cccnc1C(=O)O. The highest BCUT2D eigenvalue weighted by Crippen LogP contribution is 2.12. The van der Waals surface area contributed by atoms with Gasteiger partial charge in [0.2, 0.25) is 5.91 Å². The van der Waals surface area contributed by atoms with Gasteiger partial charge >= 0.3 is 5.97 Å². The molecule has 0 aromatic carbocycles. The van der Waals surface area contributed by atoms with Gasteiger partial charge in [-0.3, -0.25) is 4.79 Å². The number of carbonyl (C=O) groups is 2. The highest BCUT2D eigenvalue weighted by Gasteiger charge is 2.13. The number of aryl methyl sites for hydroxylation is 1. The first-order valence-electron chi connectivity index (χ1n) is 5.60. The van der Waals surface area contributed by atoms with Gasteiger partial charge in [0.1, 0.15) is 0 Å². The van der Waals surface area contributed by atoms with Gasteiger partial charge in [0.05, 0.1) is 12.0 Å². The number of imidazole rings is 1. The van der Waals surface area contributed by atoms with E-state index < -0.39 is 5.97 Å². The molecule has 2 N–H and O–H groups in total. The van der Waals surface area contributed by atoms with Gasteiger partial charge in [0, 0.05) is 31.6 Å². The molecule has 0 aliphatic heterocycles. The summed E-state index contributed by atoms with van der Waals surface area (Å²) in [5, 5.41) is 11.5. The Kier molecular flexibility index (Phi) is 3.87. The molecule has 0 saturated heterocycles. The number of hydrogen-bond acceptors (Lipinski definition) is 4. The van der Waals surface area contributed by atoms with Crippen LogP contribution in [0.15, 0.2) is 37.1 Å². The molecular weight excluding hydrogens is 248 g/mol. The summed E-state index contributed by atoms with van der Waals surface area (Å²) in [5.41, 5.74) is 0.0316. The first kappa shape index (κ1) is 12.7. The zero-order chi connectivity index (χ0) is 13.7. The summed E-state index contributed by atoms with van der Waals surface area (Å²) < 4.78 is 1.76. The van der Waals surface area contributed by atoms with Crippen molar-refractivity contribution in [2.45, 2.75) is 13.0 Å². The minimum absolute atomic E-state index is 0.168. The zero-order valence-corrected chi connectivity index (χ0v) is 9.98. The summed E-state index contributed by atoms with van der Waals surface area (Å²) in [6.45, 7) is 0.481. The number of rotatable bonds is 5. The van der Waals surface area contributed by atoms with E-state index in [1.807, 2.05) is 0 Å². The molecule has 98 valence electrons. The summed E-state index contributed by atoms with van der Waals surface area (Å²) in [6, 6.07) is 3.07. The smallest absolute Gasteiger partial charge is 0.356 e. The van der Waals surface area contributed by atoms with E-state index in [0.717, 1.165) is 0 Å². The predicted molar refractivity (Wildman–Crippen MR) is 66.7 cm³/mol. The van der Waals surface area contributed by atoms with E-state index in [1.54, 1.807) is 29.4 Å². The number of aromatic nitrogens is 3. The lowest BCUT2D eigenvalue weighted by Gasteiger charge is -2.07. The number of hydrogen-bond donors (Lipinski definition) is 2. The van der Waals surface area contributed by atoms with Crippen LogP contribution in [-0.2, 0) is 11.3 Å². The van der Waals surface area contributed by atoms with E-state index in [1.165, 1.54) is 12.3 Å². The maximum atomic E-state index is 11.7. The maximum Gasteiger partial charge on any atom is 0.356 e. The lowest BCUT2D eigenvalue weighted by atomic mass is 10.2. The van der Waals surface area contributed by atoms with Gasteiger partial charge < -0.3 is 15.0 Å². The van der Waals surface area contributed by atoms with Gasteiger partial charge in [-0.05, 0) is 12.1 Å². The third-order valence-electron chi connectivity index (χ3n) is 2.44. The lowest BCUT2D eigenvalue weighted by molar-refractivity contribution is -0.116. The second-order valence-corrected chi connectivity index (χ2v) is 3.80. The van der Waals surface area contributed by atoms with Crippen molar-refractivity contribution in [3.8, 4) is 0 Å². The van der Waals surface area contributed by atoms with Crippen LogP contribution in [0, 0.1) is 0 Å². The Morgan fingerprint density at radius 3 is 2.89 bits per heavy atom. The third kappa shape index (κ3) is 3.38. The standard InChI is InChI=1S/C12H12N4O3/c17-10(3-6-16-7-5-13-8-16)15-9-2-1-4-14-11(9)12(18)19/h1-2,4-5,7-8H,3,6H2,(H,15,17)(H,18,19). The van der Waals surface area contributed by atoms with Crippen LogP contribution in [0.4, 0.5) is 5.69 Å². The van der Waals surface area contributed by atoms with Crippen molar-refractivity contribution in [1.29, 1.82) is 0 Å². The highest BCUT2D eigenvalue weighted by atomic mass is 16.4. The minimum atomic E-state index is -1.18. The molecule has 2 aromatic heterocycles. The Morgan fingerprint density at radius 2 is 2.21 bits per heavy atom.